The molecule has 7 nitrogen and oxygen atoms in total. The van der Waals surface area contributed by atoms with Gasteiger partial charge in [0.2, 0.25) is 0 Å². The number of amides is 1. The van der Waals surface area contributed by atoms with Gasteiger partial charge in [-0.15, -0.1) is 24.0 Å². The third kappa shape index (κ3) is 8.37. The summed E-state index contributed by atoms with van der Waals surface area (Å²) in [6.07, 6.45) is 1.44. The van der Waals surface area contributed by atoms with Gasteiger partial charge in [0.05, 0.1) is 12.8 Å². The number of nitrogens with zero attached hydrogens (tertiary/aromatic N) is 1. The molecule has 176 valence electrons. The molecule has 0 radical (unpaired) electrons. The summed E-state index contributed by atoms with van der Waals surface area (Å²) in [7, 11) is 0. The van der Waals surface area contributed by atoms with Crippen LogP contribution in [0.15, 0.2) is 76.3 Å². The highest BCUT2D eigenvalue weighted by atomic mass is 127. The Morgan fingerprint density at radius 1 is 1.06 bits per heavy atom. The molecule has 0 unspecified atom stereocenters. The standard InChI is InChI=1S/C23H24F2N4O3.HI/c1-2-26-23(28-15-17-6-3-4-7-19(17)32-22(24)25)27-14-16-9-11-18(12-10-16)29-21(30)20-8-5-13-31-20;/h3-13,22H,2,14-15H2,1H3,(H,29,30)(H2,26,27,28);1H. The summed E-state index contributed by atoms with van der Waals surface area (Å²) in [5.74, 6) is 0.573. The Hall–Kier alpha value is -3.15. The minimum Gasteiger partial charge on any atom is -0.459 e. The van der Waals surface area contributed by atoms with Crippen LogP contribution >= 0.6 is 24.0 Å². The zero-order valence-corrected chi connectivity index (χ0v) is 20.2. The first-order chi connectivity index (χ1) is 15.5. The van der Waals surface area contributed by atoms with Gasteiger partial charge in [0.25, 0.3) is 5.91 Å². The predicted molar refractivity (Wildman–Crippen MR) is 133 cm³/mol. The molecule has 1 heterocycles. The van der Waals surface area contributed by atoms with Crippen molar-refractivity contribution in [3.8, 4) is 5.75 Å². The molecule has 0 bridgehead atoms. The van der Waals surface area contributed by atoms with Crippen LogP contribution in [0.25, 0.3) is 0 Å². The number of alkyl halides is 2. The summed E-state index contributed by atoms with van der Waals surface area (Å²) < 4.78 is 34.8. The number of hydrogen-bond donors (Lipinski definition) is 3. The molecule has 10 heteroatoms. The number of carbonyl (C=O) groups excluding carboxylic acids is 1. The smallest absolute Gasteiger partial charge is 0.387 e. The van der Waals surface area contributed by atoms with Gasteiger partial charge in [-0.2, -0.15) is 8.78 Å². The van der Waals surface area contributed by atoms with Gasteiger partial charge in [-0.05, 0) is 42.8 Å². The van der Waals surface area contributed by atoms with Crippen molar-refractivity contribution in [1.82, 2.24) is 10.6 Å². The number of para-hydroxylation sites is 1. The Morgan fingerprint density at radius 3 is 2.48 bits per heavy atom. The van der Waals surface area contributed by atoms with Crippen molar-refractivity contribution in [2.75, 3.05) is 11.9 Å². The highest BCUT2D eigenvalue weighted by molar-refractivity contribution is 14.0. The molecule has 33 heavy (non-hydrogen) atoms. The summed E-state index contributed by atoms with van der Waals surface area (Å²) in [6, 6.07) is 17.1. The summed E-state index contributed by atoms with van der Waals surface area (Å²) in [4.78, 5) is 16.5. The highest BCUT2D eigenvalue weighted by Gasteiger charge is 2.10. The molecule has 0 saturated heterocycles. The lowest BCUT2D eigenvalue weighted by Crippen LogP contribution is -2.36. The Labute approximate surface area is 207 Å². The maximum atomic E-state index is 12.6. The second kappa shape index (κ2) is 13.4. The first-order valence-electron chi connectivity index (χ1n) is 10.0. The molecule has 0 aliphatic carbocycles. The predicted octanol–water partition coefficient (Wildman–Crippen LogP) is 5.01. The van der Waals surface area contributed by atoms with E-state index in [2.05, 4.69) is 25.7 Å². The molecular weight excluding hydrogens is 545 g/mol. The number of ether oxygens (including phenoxy) is 1. The van der Waals surface area contributed by atoms with Crippen LogP contribution in [0.5, 0.6) is 5.75 Å². The van der Waals surface area contributed by atoms with Crippen LogP contribution in [0, 0.1) is 0 Å². The van der Waals surface area contributed by atoms with Crippen molar-refractivity contribution >= 4 is 41.5 Å². The number of hydrogen-bond acceptors (Lipinski definition) is 4. The molecule has 0 spiro atoms. The van der Waals surface area contributed by atoms with Crippen LogP contribution < -0.4 is 20.7 Å². The van der Waals surface area contributed by atoms with E-state index in [1.807, 2.05) is 19.1 Å². The Morgan fingerprint density at radius 2 is 1.82 bits per heavy atom. The summed E-state index contributed by atoms with van der Waals surface area (Å²) in [5.41, 5.74) is 2.16. The topological polar surface area (TPSA) is 87.9 Å². The number of carbonyl (C=O) groups is 1. The number of nitrogens with one attached hydrogen (secondary N) is 3. The van der Waals surface area contributed by atoms with Crippen molar-refractivity contribution in [3.05, 3.63) is 83.8 Å². The lowest BCUT2D eigenvalue weighted by Gasteiger charge is -2.14. The molecule has 0 aliphatic rings. The van der Waals surface area contributed by atoms with E-state index in [9.17, 15) is 13.6 Å². The van der Waals surface area contributed by atoms with Crippen molar-refractivity contribution in [2.24, 2.45) is 4.99 Å². The van der Waals surface area contributed by atoms with Crippen LogP contribution in [0.3, 0.4) is 0 Å². The van der Waals surface area contributed by atoms with Crippen LogP contribution in [-0.4, -0.2) is 25.0 Å². The minimum atomic E-state index is -2.88. The number of aliphatic imine (C=N–C) groups is 1. The number of halogens is 3. The summed E-state index contributed by atoms with van der Waals surface area (Å²) in [6.45, 7) is 0.342. The van der Waals surface area contributed by atoms with Gasteiger partial charge in [-0.3, -0.25) is 4.79 Å². The summed E-state index contributed by atoms with van der Waals surface area (Å²) in [5, 5.41) is 8.99. The number of benzene rings is 2. The van der Waals surface area contributed by atoms with Crippen molar-refractivity contribution in [2.45, 2.75) is 26.6 Å². The lowest BCUT2D eigenvalue weighted by atomic mass is 10.2. The highest BCUT2D eigenvalue weighted by Crippen LogP contribution is 2.20. The minimum absolute atomic E-state index is 0. The SMILES string of the molecule is CCNC(=NCc1ccc(NC(=O)c2ccco2)cc1)NCc1ccccc1OC(F)F.I. The molecule has 3 rings (SSSR count). The third-order valence-corrected chi connectivity index (χ3v) is 4.36. The molecule has 0 fully saturated rings. The van der Waals surface area contributed by atoms with E-state index in [-0.39, 0.29) is 47.9 Å². The molecule has 0 aliphatic heterocycles. The maximum Gasteiger partial charge on any atom is 0.387 e. The average Bonchev–Trinajstić information content (AvgIpc) is 3.32. The molecule has 0 atom stereocenters. The molecule has 1 aromatic heterocycles. The van der Waals surface area contributed by atoms with Gasteiger partial charge >= 0.3 is 6.61 Å². The van der Waals surface area contributed by atoms with Crippen molar-refractivity contribution < 1.29 is 22.7 Å². The van der Waals surface area contributed by atoms with Gasteiger partial charge in [0.1, 0.15) is 5.75 Å². The van der Waals surface area contributed by atoms with Crippen molar-refractivity contribution in [1.29, 1.82) is 0 Å². The normalized spacial score (nSPS) is 11.0. The van der Waals surface area contributed by atoms with Crippen molar-refractivity contribution in [3.63, 3.8) is 0 Å². The van der Waals surface area contributed by atoms with E-state index in [0.29, 0.717) is 30.3 Å². The Balaban J connectivity index is 0.00000385. The first-order valence-corrected chi connectivity index (χ1v) is 10.0. The fraction of sp³-hybridized carbons (Fsp3) is 0.217. The molecule has 3 aromatic rings. The van der Waals surface area contributed by atoms with E-state index in [1.165, 1.54) is 12.3 Å². The number of furan rings is 1. The van der Waals surface area contributed by atoms with E-state index in [1.54, 1.807) is 42.5 Å². The fourth-order valence-corrected chi connectivity index (χ4v) is 2.85. The molecule has 2 aromatic carbocycles. The molecule has 0 saturated carbocycles. The van der Waals surface area contributed by atoms with Gasteiger partial charge in [0, 0.05) is 24.3 Å². The first kappa shape index (κ1) is 26.1. The third-order valence-electron chi connectivity index (χ3n) is 4.36. The van der Waals surface area contributed by atoms with E-state index in [0.717, 1.165) is 5.56 Å². The Kier molecular flexibility index (Phi) is 10.6. The summed E-state index contributed by atoms with van der Waals surface area (Å²) >= 11 is 0. The zero-order valence-electron chi connectivity index (χ0n) is 17.9. The maximum absolute atomic E-state index is 12.6. The largest absolute Gasteiger partial charge is 0.459 e. The van der Waals surface area contributed by atoms with Crippen LogP contribution in [0.2, 0.25) is 0 Å². The quantitative estimate of drug-likeness (QED) is 0.192. The lowest BCUT2D eigenvalue weighted by molar-refractivity contribution is -0.0504. The number of rotatable bonds is 9. The number of guanidine groups is 1. The second-order valence-electron chi connectivity index (χ2n) is 6.66. The molecular formula is C23H25F2IN4O3. The molecule has 3 N–H and O–H groups in total. The van der Waals surface area contributed by atoms with E-state index in [4.69, 9.17) is 4.42 Å². The van der Waals surface area contributed by atoms with Gasteiger partial charge < -0.3 is 25.1 Å². The van der Waals surface area contributed by atoms with Gasteiger partial charge in [-0.25, -0.2) is 4.99 Å². The van der Waals surface area contributed by atoms with E-state index >= 15 is 0 Å². The fourth-order valence-electron chi connectivity index (χ4n) is 2.85. The average molecular weight is 570 g/mol. The second-order valence-corrected chi connectivity index (χ2v) is 6.66. The monoisotopic (exact) mass is 570 g/mol. The zero-order chi connectivity index (χ0) is 22.8. The van der Waals surface area contributed by atoms with E-state index < -0.39 is 6.61 Å². The Bertz CT molecular complexity index is 1030. The van der Waals surface area contributed by atoms with Crippen LogP contribution in [-0.2, 0) is 13.1 Å². The van der Waals surface area contributed by atoms with Gasteiger partial charge in [-0.1, -0.05) is 30.3 Å². The number of anilines is 1. The van der Waals surface area contributed by atoms with Gasteiger partial charge in [0.15, 0.2) is 11.7 Å². The molecule has 1 amide bonds. The van der Waals surface area contributed by atoms with Crippen LogP contribution in [0.1, 0.15) is 28.6 Å². The van der Waals surface area contributed by atoms with Crippen LogP contribution in [0.4, 0.5) is 14.5 Å².